The SMILES string of the molecule is CCNCc1nc2ccccc2n(Cc2ccc(NC(=O)Nc3ccc(Cl)cc3)cc2)c1=O. The van der Waals surface area contributed by atoms with Crippen LogP contribution >= 0.6 is 11.6 Å². The number of urea groups is 1. The molecule has 0 atom stereocenters. The molecule has 0 fully saturated rings. The fourth-order valence-electron chi connectivity index (χ4n) is 3.46. The van der Waals surface area contributed by atoms with E-state index in [1.54, 1.807) is 28.8 Å². The second kappa shape index (κ2) is 10.3. The lowest BCUT2D eigenvalue weighted by atomic mass is 10.2. The van der Waals surface area contributed by atoms with Crippen LogP contribution in [0.2, 0.25) is 5.02 Å². The van der Waals surface area contributed by atoms with E-state index in [1.807, 2.05) is 55.5 Å². The number of hydrogen-bond donors (Lipinski definition) is 3. The smallest absolute Gasteiger partial charge is 0.311 e. The minimum absolute atomic E-state index is 0.112. The maximum atomic E-state index is 13.1. The number of para-hydroxylation sites is 2. The number of benzene rings is 3. The molecular weight excluding hydrogens is 438 g/mol. The first-order chi connectivity index (χ1) is 16.0. The molecule has 2 amide bonds. The molecule has 0 radical (unpaired) electrons. The Hall–Kier alpha value is -3.68. The molecule has 4 rings (SSSR count). The Balaban J connectivity index is 1.50. The zero-order valence-corrected chi connectivity index (χ0v) is 18.9. The molecule has 0 saturated heterocycles. The van der Waals surface area contributed by atoms with Crippen molar-refractivity contribution in [2.75, 3.05) is 17.2 Å². The Kier molecular flexibility index (Phi) is 7.02. The molecule has 168 valence electrons. The number of aromatic nitrogens is 2. The number of fused-ring (bicyclic) bond motifs is 1. The highest BCUT2D eigenvalue weighted by Crippen LogP contribution is 2.16. The van der Waals surface area contributed by atoms with E-state index in [0.717, 1.165) is 23.1 Å². The summed E-state index contributed by atoms with van der Waals surface area (Å²) in [5.41, 5.74) is 4.17. The van der Waals surface area contributed by atoms with E-state index in [0.29, 0.717) is 35.2 Å². The molecule has 8 heteroatoms. The number of anilines is 2. The fourth-order valence-corrected chi connectivity index (χ4v) is 3.59. The van der Waals surface area contributed by atoms with Crippen LogP contribution in [0.15, 0.2) is 77.6 Å². The van der Waals surface area contributed by atoms with Crippen LogP contribution in [-0.2, 0) is 13.1 Å². The summed E-state index contributed by atoms with van der Waals surface area (Å²) in [7, 11) is 0. The summed E-state index contributed by atoms with van der Waals surface area (Å²) in [6, 6.07) is 21.5. The lowest BCUT2D eigenvalue weighted by Crippen LogP contribution is -2.29. The number of halogens is 1. The van der Waals surface area contributed by atoms with Gasteiger partial charge in [-0.1, -0.05) is 42.8 Å². The molecule has 1 aromatic heterocycles. The molecule has 0 aliphatic carbocycles. The normalized spacial score (nSPS) is 10.8. The van der Waals surface area contributed by atoms with Gasteiger partial charge < -0.3 is 20.5 Å². The van der Waals surface area contributed by atoms with Crippen molar-refractivity contribution in [3.8, 4) is 0 Å². The number of nitrogens with zero attached hydrogens (tertiary/aromatic N) is 2. The summed E-state index contributed by atoms with van der Waals surface area (Å²) in [5, 5.41) is 9.34. The third kappa shape index (κ3) is 5.58. The number of amides is 2. The maximum absolute atomic E-state index is 13.1. The van der Waals surface area contributed by atoms with Gasteiger partial charge in [0, 0.05) is 22.9 Å². The van der Waals surface area contributed by atoms with Crippen molar-refractivity contribution >= 4 is 40.0 Å². The molecule has 0 spiro atoms. The van der Waals surface area contributed by atoms with Crippen LogP contribution in [-0.4, -0.2) is 22.1 Å². The Labute approximate surface area is 196 Å². The third-order valence-electron chi connectivity index (χ3n) is 5.12. The van der Waals surface area contributed by atoms with Crippen LogP contribution in [0.1, 0.15) is 18.2 Å². The summed E-state index contributed by atoms with van der Waals surface area (Å²) in [5.74, 6) is 0. The standard InChI is InChI=1S/C25H24ClN5O2/c1-2-27-15-22-24(32)31(23-6-4-3-5-21(23)30-22)16-17-7-11-19(12-8-17)28-25(33)29-20-13-9-18(26)10-14-20/h3-14,27H,2,15-16H2,1H3,(H2,28,29,33). The topological polar surface area (TPSA) is 88.1 Å². The second-order valence-electron chi connectivity index (χ2n) is 7.50. The van der Waals surface area contributed by atoms with E-state index in [9.17, 15) is 9.59 Å². The van der Waals surface area contributed by atoms with Gasteiger partial charge in [0.2, 0.25) is 0 Å². The lowest BCUT2D eigenvalue weighted by molar-refractivity contribution is 0.262. The zero-order valence-electron chi connectivity index (χ0n) is 18.1. The molecule has 4 aromatic rings. The summed E-state index contributed by atoms with van der Waals surface area (Å²) >= 11 is 5.87. The van der Waals surface area contributed by atoms with E-state index in [-0.39, 0.29) is 11.6 Å². The van der Waals surface area contributed by atoms with Crippen LogP contribution in [0.5, 0.6) is 0 Å². The van der Waals surface area contributed by atoms with Gasteiger partial charge in [0.25, 0.3) is 5.56 Å². The monoisotopic (exact) mass is 461 g/mol. The van der Waals surface area contributed by atoms with E-state index in [1.165, 1.54) is 0 Å². The number of carbonyl (C=O) groups excluding carboxylic acids is 1. The molecular formula is C25H24ClN5O2. The lowest BCUT2D eigenvalue weighted by Gasteiger charge is -2.13. The van der Waals surface area contributed by atoms with Gasteiger partial charge >= 0.3 is 6.03 Å². The summed E-state index contributed by atoms with van der Waals surface area (Å²) < 4.78 is 1.74. The first-order valence-corrected chi connectivity index (χ1v) is 11.0. The molecule has 0 saturated carbocycles. The molecule has 33 heavy (non-hydrogen) atoms. The van der Waals surface area contributed by atoms with Crippen molar-refractivity contribution in [3.63, 3.8) is 0 Å². The summed E-state index contributed by atoms with van der Waals surface area (Å²) in [4.78, 5) is 29.9. The predicted molar refractivity (Wildman–Crippen MR) is 133 cm³/mol. The second-order valence-corrected chi connectivity index (χ2v) is 7.94. The first-order valence-electron chi connectivity index (χ1n) is 10.6. The average Bonchev–Trinajstić information content (AvgIpc) is 2.82. The number of carbonyl (C=O) groups is 1. The van der Waals surface area contributed by atoms with Gasteiger partial charge in [-0.15, -0.1) is 0 Å². The van der Waals surface area contributed by atoms with Gasteiger partial charge in [-0.3, -0.25) is 4.79 Å². The largest absolute Gasteiger partial charge is 0.323 e. The Bertz CT molecular complexity index is 1320. The van der Waals surface area contributed by atoms with E-state index >= 15 is 0 Å². The number of hydrogen-bond acceptors (Lipinski definition) is 4. The highest BCUT2D eigenvalue weighted by Gasteiger charge is 2.11. The molecule has 1 heterocycles. The average molecular weight is 462 g/mol. The Morgan fingerprint density at radius 3 is 2.24 bits per heavy atom. The van der Waals surface area contributed by atoms with Gasteiger partial charge in [-0.05, 0) is 60.6 Å². The maximum Gasteiger partial charge on any atom is 0.323 e. The quantitative estimate of drug-likeness (QED) is 0.367. The minimum Gasteiger partial charge on any atom is -0.311 e. The molecule has 0 bridgehead atoms. The van der Waals surface area contributed by atoms with Crippen molar-refractivity contribution < 1.29 is 4.79 Å². The molecule has 0 unspecified atom stereocenters. The van der Waals surface area contributed by atoms with Crippen LogP contribution < -0.4 is 21.5 Å². The van der Waals surface area contributed by atoms with Crippen LogP contribution in [0.3, 0.4) is 0 Å². The van der Waals surface area contributed by atoms with Crippen LogP contribution in [0, 0.1) is 0 Å². The Morgan fingerprint density at radius 2 is 1.58 bits per heavy atom. The van der Waals surface area contributed by atoms with Crippen LogP contribution in [0.25, 0.3) is 11.0 Å². The van der Waals surface area contributed by atoms with Crippen molar-refractivity contribution in [2.45, 2.75) is 20.0 Å². The highest BCUT2D eigenvalue weighted by molar-refractivity contribution is 6.30. The minimum atomic E-state index is -0.352. The van der Waals surface area contributed by atoms with Crippen molar-refractivity contribution in [2.24, 2.45) is 0 Å². The molecule has 0 aliphatic rings. The summed E-state index contributed by atoms with van der Waals surface area (Å²) in [6.45, 7) is 3.57. The van der Waals surface area contributed by atoms with E-state index < -0.39 is 0 Å². The molecule has 3 N–H and O–H groups in total. The van der Waals surface area contributed by atoms with E-state index in [2.05, 4.69) is 20.9 Å². The van der Waals surface area contributed by atoms with Crippen LogP contribution in [0.4, 0.5) is 16.2 Å². The number of rotatable bonds is 7. The predicted octanol–water partition coefficient (Wildman–Crippen LogP) is 4.85. The number of nitrogens with one attached hydrogen (secondary N) is 3. The third-order valence-corrected chi connectivity index (χ3v) is 5.37. The van der Waals surface area contributed by atoms with Gasteiger partial charge in [-0.2, -0.15) is 0 Å². The van der Waals surface area contributed by atoms with Gasteiger partial charge in [0.15, 0.2) is 0 Å². The molecule has 0 aliphatic heterocycles. The van der Waals surface area contributed by atoms with Crippen molar-refractivity contribution in [1.82, 2.24) is 14.9 Å². The first kappa shape index (κ1) is 22.5. The zero-order chi connectivity index (χ0) is 23.2. The molecule has 3 aromatic carbocycles. The van der Waals surface area contributed by atoms with E-state index in [4.69, 9.17) is 11.6 Å². The Morgan fingerprint density at radius 1 is 0.939 bits per heavy atom. The highest BCUT2D eigenvalue weighted by atomic mass is 35.5. The van der Waals surface area contributed by atoms with Gasteiger partial charge in [0.05, 0.1) is 17.6 Å². The van der Waals surface area contributed by atoms with Gasteiger partial charge in [0.1, 0.15) is 5.69 Å². The summed E-state index contributed by atoms with van der Waals surface area (Å²) in [6.07, 6.45) is 0. The van der Waals surface area contributed by atoms with Crippen molar-refractivity contribution in [1.29, 1.82) is 0 Å². The van der Waals surface area contributed by atoms with Crippen molar-refractivity contribution in [3.05, 3.63) is 99.4 Å². The fraction of sp³-hybridized carbons (Fsp3) is 0.160. The van der Waals surface area contributed by atoms with Gasteiger partial charge in [-0.25, -0.2) is 9.78 Å². The molecule has 7 nitrogen and oxygen atoms in total.